The molecular formula is C13H24N4. The molecule has 0 radical (unpaired) electrons. The standard InChI is InChI=1S/C13H24N4/c1-4-6-7-8-11(3)17-13-9-12(14-5-2)15-10-16-13/h9-11H,4-8H2,1-3H3,(H2,14,15,16,17). The fraction of sp³-hybridized carbons (Fsp3) is 0.692. The van der Waals surface area contributed by atoms with Gasteiger partial charge in [-0.1, -0.05) is 26.2 Å². The first-order valence-electron chi connectivity index (χ1n) is 6.58. The average Bonchev–Trinajstić information content (AvgIpc) is 2.30. The van der Waals surface area contributed by atoms with E-state index in [9.17, 15) is 0 Å². The predicted octanol–water partition coefficient (Wildman–Crippen LogP) is 3.29. The van der Waals surface area contributed by atoms with Gasteiger partial charge in [-0.3, -0.25) is 0 Å². The Labute approximate surface area is 104 Å². The summed E-state index contributed by atoms with van der Waals surface area (Å²) in [5.74, 6) is 1.78. The zero-order chi connectivity index (χ0) is 12.5. The van der Waals surface area contributed by atoms with Crippen molar-refractivity contribution < 1.29 is 0 Å². The van der Waals surface area contributed by atoms with Crippen LogP contribution in [0.25, 0.3) is 0 Å². The predicted molar refractivity (Wildman–Crippen MR) is 73.4 cm³/mol. The van der Waals surface area contributed by atoms with E-state index in [1.54, 1.807) is 6.33 Å². The van der Waals surface area contributed by atoms with Crippen LogP contribution in [0.1, 0.15) is 46.5 Å². The van der Waals surface area contributed by atoms with Crippen LogP contribution >= 0.6 is 0 Å². The first-order chi connectivity index (χ1) is 8.26. The number of nitrogens with zero attached hydrogens (tertiary/aromatic N) is 2. The smallest absolute Gasteiger partial charge is 0.131 e. The SMILES string of the molecule is CCCCCC(C)Nc1cc(NCC)ncn1. The number of aromatic nitrogens is 2. The van der Waals surface area contributed by atoms with Crippen LogP contribution < -0.4 is 10.6 Å². The highest BCUT2D eigenvalue weighted by molar-refractivity contribution is 5.46. The average molecular weight is 236 g/mol. The Balaban J connectivity index is 2.41. The first kappa shape index (κ1) is 13.7. The summed E-state index contributed by atoms with van der Waals surface area (Å²) in [5, 5.41) is 6.59. The number of hydrogen-bond donors (Lipinski definition) is 2. The molecule has 1 heterocycles. The minimum atomic E-state index is 0.464. The summed E-state index contributed by atoms with van der Waals surface area (Å²) in [6, 6.07) is 2.42. The van der Waals surface area contributed by atoms with E-state index in [2.05, 4.69) is 41.4 Å². The molecule has 0 aliphatic heterocycles. The molecule has 1 aromatic heterocycles. The summed E-state index contributed by atoms with van der Waals surface area (Å²) in [4.78, 5) is 8.38. The molecule has 4 heteroatoms. The topological polar surface area (TPSA) is 49.8 Å². The Hall–Kier alpha value is -1.32. The van der Waals surface area contributed by atoms with Gasteiger partial charge in [-0.2, -0.15) is 0 Å². The molecule has 96 valence electrons. The molecule has 1 atom stereocenters. The van der Waals surface area contributed by atoms with Crippen LogP contribution in [0.4, 0.5) is 11.6 Å². The van der Waals surface area contributed by atoms with Gasteiger partial charge >= 0.3 is 0 Å². The second-order valence-corrected chi connectivity index (χ2v) is 4.36. The van der Waals surface area contributed by atoms with Crippen molar-refractivity contribution in [3.8, 4) is 0 Å². The van der Waals surface area contributed by atoms with Crippen LogP contribution in [-0.2, 0) is 0 Å². The maximum Gasteiger partial charge on any atom is 0.131 e. The monoisotopic (exact) mass is 236 g/mol. The third-order valence-corrected chi connectivity index (χ3v) is 2.66. The summed E-state index contributed by atoms with van der Waals surface area (Å²) in [6.45, 7) is 7.36. The summed E-state index contributed by atoms with van der Waals surface area (Å²) >= 11 is 0. The molecule has 0 aliphatic rings. The molecule has 0 fully saturated rings. The fourth-order valence-corrected chi connectivity index (χ4v) is 1.74. The van der Waals surface area contributed by atoms with E-state index < -0.39 is 0 Å². The normalized spacial score (nSPS) is 12.2. The minimum absolute atomic E-state index is 0.464. The largest absolute Gasteiger partial charge is 0.370 e. The number of rotatable bonds is 8. The fourth-order valence-electron chi connectivity index (χ4n) is 1.74. The molecule has 1 unspecified atom stereocenters. The van der Waals surface area contributed by atoms with Crippen molar-refractivity contribution in [3.63, 3.8) is 0 Å². The summed E-state index contributed by atoms with van der Waals surface area (Å²) in [7, 11) is 0. The van der Waals surface area contributed by atoms with Crippen LogP contribution in [0, 0.1) is 0 Å². The number of unbranched alkanes of at least 4 members (excludes halogenated alkanes) is 2. The van der Waals surface area contributed by atoms with E-state index in [0.29, 0.717) is 6.04 Å². The maximum absolute atomic E-state index is 4.23. The van der Waals surface area contributed by atoms with Crippen molar-refractivity contribution in [2.75, 3.05) is 17.2 Å². The maximum atomic E-state index is 4.23. The number of nitrogens with one attached hydrogen (secondary N) is 2. The molecule has 4 nitrogen and oxygen atoms in total. The molecule has 1 aromatic rings. The lowest BCUT2D eigenvalue weighted by atomic mass is 10.1. The molecule has 17 heavy (non-hydrogen) atoms. The van der Waals surface area contributed by atoms with Gasteiger partial charge in [-0.25, -0.2) is 9.97 Å². The Morgan fingerprint density at radius 2 is 1.94 bits per heavy atom. The van der Waals surface area contributed by atoms with E-state index in [-0.39, 0.29) is 0 Å². The van der Waals surface area contributed by atoms with Gasteiger partial charge in [0.2, 0.25) is 0 Å². The van der Waals surface area contributed by atoms with Crippen LogP contribution in [0.3, 0.4) is 0 Å². The zero-order valence-corrected chi connectivity index (χ0v) is 11.2. The molecule has 1 rings (SSSR count). The Bertz CT molecular complexity index is 314. The lowest BCUT2D eigenvalue weighted by molar-refractivity contribution is 0.613. The highest BCUT2D eigenvalue weighted by atomic mass is 15.1. The first-order valence-corrected chi connectivity index (χ1v) is 6.58. The van der Waals surface area contributed by atoms with Crippen LogP contribution in [0.5, 0.6) is 0 Å². The molecule has 0 aromatic carbocycles. The lowest BCUT2D eigenvalue weighted by Gasteiger charge is -2.14. The molecule has 0 saturated carbocycles. The van der Waals surface area contributed by atoms with Crippen molar-refractivity contribution in [3.05, 3.63) is 12.4 Å². The molecular weight excluding hydrogens is 212 g/mol. The van der Waals surface area contributed by atoms with E-state index >= 15 is 0 Å². The Morgan fingerprint density at radius 1 is 1.18 bits per heavy atom. The Morgan fingerprint density at radius 3 is 2.65 bits per heavy atom. The van der Waals surface area contributed by atoms with E-state index in [1.165, 1.54) is 25.7 Å². The molecule has 0 saturated heterocycles. The van der Waals surface area contributed by atoms with Crippen LogP contribution in [0.2, 0.25) is 0 Å². The Kier molecular flexibility index (Phi) is 6.37. The van der Waals surface area contributed by atoms with Gasteiger partial charge < -0.3 is 10.6 Å². The van der Waals surface area contributed by atoms with Crippen molar-refractivity contribution >= 4 is 11.6 Å². The van der Waals surface area contributed by atoms with Gasteiger partial charge in [-0.15, -0.1) is 0 Å². The quantitative estimate of drug-likeness (QED) is 0.680. The second kappa shape index (κ2) is 7.87. The van der Waals surface area contributed by atoms with Crippen LogP contribution in [0.15, 0.2) is 12.4 Å². The third-order valence-electron chi connectivity index (χ3n) is 2.66. The van der Waals surface area contributed by atoms with Gasteiger partial charge in [0.1, 0.15) is 18.0 Å². The van der Waals surface area contributed by atoms with Crippen LogP contribution in [-0.4, -0.2) is 22.6 Å². The van der Waals surface area contributed by atoms with Crippen molar-refractivity contribution in [1.29, 1.82) is 0 Å². The van der Waals surface area contributed by atoms with Gasteiger partial charge in [0.15, 0.2) is 0 Å². The van der Waals surface area contributed by atoms with Gasteiger partial charge in [0.05, 0.1) is 0 Å². The molecule has 2 N–H and O–H groups in total. The number of anilines is 2. The highest BCUT2D eigenvalue weighted by Gasteiger charge is 2.03. The summed E-state index contributed by atoms with van der Waals surface area (Å²) < 4.78 is 0. The van der Waals surface area contributed by atoms with E-state index in [1.807, 2.05) is 6.07 Å². The summed E-state index contributed by atoms with van der Waals surface area (Å²) in [5.41, 5.74) is 0. The van der Waals surface area contributed by atoms with E-state index in [0.717, 1.165) is 18.2 Å². The molecule has 0 aliphatic carbocycles. The summed E-state index contributed by atoms with van der Waals surface area (Å²) in [6.07, 6.45) is 6.63. The van der Waals surface area contributed by atoms with Crippen molar-refractivity contribution in [2.45, 2.75) is 52.5 Å². The van der Waals surface area contributed by atoms with Gasteiger partial charge in [0, 0.05) is 18.7 Å². The van der Waals surface area contributed by atoms with Crippen molar-refractivity contribution in [1.82, 2.24) is 9.97 Å². The van der Waals surface area contributed by atoms with E-state index in [4.69, 9.17) is 0 Å². The third kappa shape index (κ3) is 5.52. The van der Waals surface area contributed by atoms with Gasteiger partial charge in [-0.05, 0) is 20.3 Å². The second-order valence-electron chi connectivity index (χ2n) is 4.36. The lowest BCUT2D eigenvalue weighted by Crippen LogP contribution is -2.16. The minimum Gasteiger partial charge on any atom is -0.370 e. The van der Waals surface area contributed by atoms with Crippen molar-refractivity contribution in [2.24, 2.45) is 0 Å². The van der Waals surface area contributed by atoms with Gasteiger partial charge in [0.25, 0.3) is 0 Å². The zero-order valence-electron chi connectivity index (χ0n) is 11.2. The molecule has 0 bridgehead atoms. The molecule has 0 amide bonds. The highest BCUT2D eigenvalue weighted by Crippen LogP contribution is 2.12. The number of hydrogen-bond acceptors (Lipinski definition) is 4. The molecule has 0 spiro atoms.